The number of aliphatic hydroxyl groups excluding tert-OH is 1. The Hall–Kier alpha value is -1.81. The molecule has 0 unspecified atom stereocenters. The number of nitrogens with two attached hydrogens (primary N) is 1. The predicted octanol–water partition coefficient (Wildman–Crippen LogP) is 0.912. The molecule has 4 heteroatoms. The van der Waals surface area contributed by atoms with Crippen molar-refractivity contribution in [3.63, 3.8) is 0 Å². The van der Waals surface area contributed by atoms with Gasteiger partial charge in [-0.05, 0) is 5.56 Å². The average Bonchev–Trinajstić information content (AvgIpc) is 2.30. The lowest BCUT2D eigenvalue weighted by Crippen LogP contribution is -2.07. The van der Waals surface area contributed by atoms with Crippen molar-refractivity contribution in [1.82, 2.24) is 0 Å². The second kappa shape index (κ2) is 6.63. The second-order valence-electron chi connectivity index (χ2n) is 3.21. The molecule has 0 fully saturated rings. The molecule has 1 aromatic carbocycles. The van der Waals surface area contributed by atoms with E-state index < -0.39 is 5.97 Å². The fourth-order valence-corrected chi connectivity index (χ4v) is 1.12. The lowest BCUT2D eigenvalue weighted by Gasteiger charge is -2.02. The quantitative estimate of drug-likeness (QED) is 0.440. The Kier molecular flexibility index (Phi) is 5.08. The van der Waals surface area contributed by atoms with Crippen LogP contribution in [0.3, 0.4) is 0 Å². The van der Waals surface area contributed by atoms with Crippen LogP contribution in [0.2, 0.25) is 0 Å². The highest BCUT2D eigenvalue weighted by Crippen LogP contribution is 2.07. The van der Waals surface area contributed by atoms with E-state index >= 15 is 0 Å². The molecule has 16 heavy (non-hydrogen) atoms. The van der Waals surface area contributed by atoms with E-state index in [0.717, 1.165) is 5.56 Å². The third-order valence-corrected chi connectivity index (χ3v) is 1.93. The van der Waals surface area contributed by atoms with Crippen molar-refractivity contribution in [2.45, 2.75) is 6.42 Å². The maximum absolute atomic E-state index is 11.2. The Balaban J connectivity index is 2.53. The maximum atomic E-state index is 11.2. The van der Waals surface area contributed by atoms with Crippen molar-refractivity contribution >= 4 is 11.7 Å². The van der Waals surface area contributed by atoms with Gasteiger partial charge in [0.2, 0.25) is 0 Å². The molecule has 0 atom stereocenters. The number of carbonyl (C=O) groups is 1. The molecule has 86 valence electrons. The fraction of sp³-hybridized carbons (Fsp3) is 0.250. The molecule has 0 spiro atoms. The predicted molar refractivity (Wildman–Crippen MR) is 61.3 cm³/mol. The van der Waals surface area contributed by atoms with Gasteiger partial charge in [-0.15, -0.1) is 0 Å². The SMILES string of the molecule is NC(=CC(=O)OCCCO)c1ccccc1. The molecule has 0 bridgehead atoms. The van der Waals surface area contributed by atoms with Gasteiger partial charge >= 0.3 is 5.97 Å². The first kappa shape index (κ1) is 12.3. The summed E-state index contributed by atoms with van der Waals surface area (Å²) >= 11 is 0. The van der Waals surface area contributed by atoms with Gasteiger partial charge < -0.3 is 15.6 Å². The zero-order valence-corrected chi connectivity index (χ0v) is 8.93. The van der Waals surface area contributed by atoms with E-state index in [-0.39, 0.29) is 13.2 Å². The van der Waals surface area contributed by atoms with Gasteiger partial charge in [0, 0.05) is 24.8 Å². The van der Waals surface area contributed by atoms with Crippen LogP contribution in [-0.4, -0.2) is 24.3 Å². The van der Waals surface area contributed by atoms with Crippen molar-refractivity contribution in [1.29, 1.82) is 0 Å². The summed E-state index contributed by atoms with van der Waals surface area (Å²) in [5, 5.41) is 8.51. The number of esters is 1. The van der Waals surface area contributed by atoms with Crippen molar-refractivity contribution in [2.75, 3.05) is 13.2 Å². The molecule has 1 aromatic rings. The highest BCUT2D eigenvalue weighted by Gasteiger charge is 2.01. The summed E-state index contributed by atoms with van der Waals surface area (Å²) in [6.07, 6.45) is 1.68. The third kappa shape index (κ3) is 4.14. The molecule has 0 aliphatic carbocycles. The van der Waals surface area contributed by atoms with Gasteiger partial charge in [0.15, 0.2) is 0 Å². The van der Waals surface area contributed by atoms with Crippen LogP contribution >= 0.6 is 0 Å². The fourth-order valence-electron chi connectivity index (χ4n) is 1.12. The van der Waals surface area contributed by atoms with Crippen LogP contribution in [0.15, 0.2) is 36.4 Å². The largest absolute Gasteiger partial charge is 0.462 e. The van der Waals surface area contributed by atoms with Crippen LogP contribution in [-0.2, 0) is 9.53 Å². The zero-order valence-electron chi connectivity index (χ0n) is 8.93. The van der Waals surface area contributed by atoms with Gasteiger partial charge in [-0.2, -0.15) is 0 Å². The summed E-state index contributed by atoms with van der Waals surface area (Å²) in [5.74, 6) is -0.491. The highest BCUT2D eigenvalue weighted by molar-refractivity contribution is 5.90. The Morgan fingerprint density at radius 3 is 2.69 bits per heavy atom. The van der Waals surface area contributed by atoms with Crippen LogP contribution in [0.5, 0.6) is 0 Å². The molecule has 3 N–H and O–H groups in total. The number of carbonyl (C=O) groups excluding carboxylic acids is 1. The van der Waals surface area contributed by atoms with Crippen LogP contribution in [0.4, 0.5) is 0 Å². The summed E-state index contributed by atoms with van der Waals surface area (Å²) in [6, 6.07) is 9.18. The van der Waals surface area contributed by atoms with Gasteiger partial charge in [0.1, 0.15) is 0 Å². The topological polar surface area (TPSA) is 72.6 Å². The van der Waals surface area contributed by atoms with E-state index in [2.05, 4.69) is 0 Å². The van der Waals surface area contributed by atoms with E-state index in [1.807, 2.05) is 30.3 Å². The van der Waals surface area contributed by atoms with E-state index in [0.29, 0.717) is 12.1 Å². The first-order valence-electron chi connectivity index (χ1n) is 5.04. The van der Waals surface area contributed by atoms with Crippen LogP contribution in [0, 0.1) is 0 Å². The van der Waals surface area contributed by atoms with E-state index in [4.69, 9.17) is 15.6 Å². The summed E-state index contributed by atoms with van der Waals surface area (Å²) in [6.45, 7) is 0.207. The minimum Gasteiger partial charge on any atom is -0.462 e. The maximum Gasteiger partial charge on any atom is 0.332 e. The molecule has 0 saturated heterocycles. The minimum atomic E-state index is -0.491. The van der Waals surface area contributed by atoms with Crippen LogP contribution < -0.4 is 5.73 Å². The number of aliphatic hydroxyl groups is 1. The molecule has 0 amide bonds. The minimum absolute atomic E-state index is 0.00512. The number of rotatable bonds is 5. The van der Waals surface area contributed by atoms with Gasteiger partial charge in [-0.25, -0.2) is 4.79 Å². The van der Waals surface area contributed by atoms with Crippen molar-refractivity contribution in [3.05, 3.63) is 42.0 Å². The highest BCUT2D eigenvalue weighted by atomic mass is 16.5. The third-order valence-electron chi connectivity index (χ3n) is 1.93. The first-order chi connectivity index (χ1) is 7.74. The number of benzene rings is 1. The van der Waals surface area contributed by atoms with Crippen LogP contribution in [0.1, 0.15) is 12.0 Å². The van der Waals surface area contributed by atoms with Gasteiger partial charge in [-0.1, -0.05) is 30.3 Å². The van der Waals surface area contributed by atoms with Gasteiger partial charge in [-0.3, -0.25) is 0 Å². The van der Waals surface area contributed by atoms with Crippen LogP contribution in [0.25, 0.3) is 5.70 Å². The normalized spacial score (nSPS) is 11.2. The molecule has 0 saturated carbocycles. The summed E-state index contributed by atoms with van der Waals surface area (Å²) in [5.41, 5.74) is 6.86. The summed E-state index contributed by atoms with van der Waals surface area (Å²) < 4.78 is 4.82. The summed E-state index contributed by atoms with van der Waals surface area (Å²) in [7, 11) is 0. The average molecular weight is 221 g/mol. The number of hydrogen-bond acceptors (Lipinski definition) is 4. The lowest BCUT2D eigenvalue weighted by atomic mass is 10.1. The Morgan fingerprint density at radius 2 is 2.06 bits per heavy atom. The number of hydrogen-bond donors (Lipinski definition) is 2. The molecular weight excluding hydrogens is 206 g/mol. The standard InChI is InChI=1S/C12H15NO3/c13-11(10-5-2-1-3-6-10)9-12(15)16-8-4-7-14/h1-3,5-6,9,14H,4,7-8,13H2. The zero-order chi connectivity index (χ0) is 11.8. The van der Waals surface area contributed by atoms with Crippen molar-refractivity contribution < 1.29 is 14.6 Å². The smallest absolute Gasteiger partial charge is 0.332 e. The Morgan fingerprint density at radius 1 is 1.38 bits per heavy atom. The van der Waals surface area contributed by atoms with Gasteiger partial charge in [0.05, 0.1) is 6.61 Å². The lowest BCUT2D eigenvalue weighted by molar-refractivity contribution is -0.137. The molecule has 0 aliphatic rings. The van der Waals surface area contributed by atoms with Crippen molar-refractivity contribution in [3.8, 4) is 0 Å². The number of ether oxygens (including phenoxy) is 1. The Labute approximate surface area is 94.3 Å². The Bertz CT molecular complexity index is 360. The van der Waals surface area contributed by atoms with E-state index in [9.17, 15) is 4.79 Å². The van der Waals surface area contributed by atoms with Gasteiger partial charge in [0.25, 0.3) is 0 Å². The second-order valence-corrected chi connectivity index (χ2v) is 3.21. The molecule has 1 rings (SSSR count). The molecule has 0 aromatic heterocycles. The molecule has 0 aliphatic heterocycles. The molecule has 0 radical (unpaired) electrons. The van der Waals surface area contributed by atoms with Crippen molar-refractivity contribution in [2.24, 2.45) is 5.73 Å². The summed E-state index contributed by atoms with van der Waals surface area (Å²) in [4.78, 5) is 11.2. The molecule has 4 nitrogen and oxygen atoms in total. The van der Waals surface area contributed by atoms with E-state index in [1.54, 1.807) is 0 Å². The van der Waals surface area contributed by atoms with E-state index in [1.165, 1.54) is 6.08 Å². The molecule has 0 heterocycles. The first-order valence-corrected chi connectivity index (χ1v) is 5.04. The monoisotopic (exact) mass is 221 g/mol. The molecular formula is C12H15NO3.